The molecule has 0 aliphatic heterocycles. The number of rotatable bonds is 6. The van der Waals surface area contributed by atoms with E-state index in [4.69, 9.17) is 13.9 Å². The first-order chi connectivity index (χ1) is 14.6. The molecule has 0 aliphatic rings. The van der Waals surface area contributed by atoms with E-state index in [1.807, 2.05) is 30.3 Å². The van der Waals surface area contributed by atoms with Crippen LogP contribution in [0.3, 0.4) is 0 Å². The Balaban J connectivity index is 1.38. The van der Waals surface area contributed by atoms with Gasteiger partial charge in [0.1, 0.15) is 22.8 Å². The van der Waals surface area contributed by atoms with Crippen molar-refractivity contribution in [2.24, 2.45) is 0 Å². The molecule has 6 heteroatoms. The molecule has 1 aromatic heterocycles. The average Bonchev–Trinajstić information content (AvgIpc) is 2.75. The van der Waals surface area contributed by atoms with Gasteiger partial charge in [-0.05, 0) is 61.5 Å². The summed E-state index contributed by atoms with van der Waals surface area (Å²) in [5, 5.41) is 3.58. The summed E-state index contributed by atoms with van der Waals surface area (Å²) in [6.45, 7) is 1.65. The van der Waals surface area contributed by atoms with Crippen LogP contribution in [0.5, 0.6) is 17.2 Å². The van der Waals surface area contributed by atoms with E-state index >= 15 is 0 Å². The Hall–Kier alpha value is -4.06. The third kappa shape index (κ3) is 4.67. The molecule has 6 nitrogen and oxygen atoms in total. The normalized spacial score (nSPS) is 11.6. The molecule has 4 rings (SSSR count). The van der Waals surface area contributed by atoms with Gasteiger partial charge in [-0.1, -0.05) is 18.2 Å². The highest BCUT2D eigenvalue weighted by molar-refractivity contribution is 5.94. The Kier molecular flexibility index (Phi) is 5.48. The van der Waals surface area contributed by atoms with E-state index < -0.39 is 11.7 Å². The Bertz CT molecular complexity index is 1220. The zero-order chi connectivity index (χ0) is 20.9. The zero-order valence-corrected chi connectivity index (χ0v) is 16.2. The molecule has 0 fully saturated rings. The lowest BCUT2D eigenvalue weighted by molar-refractivity contribution is -0.122. The van der Waals surface area contributed by atoms with Crippen LogP contribution >= 0.6 is 0 Å². The van der Waals surface area contributed by atoms with E-state index in [-0.39, 0.29) is 5.91 Å². The van der Waals surface area contributed by atoms with Crippen molar-refractivity contribution < 1.29 is 18.7 Å². The Morgan fingerprint density at radius 3 is 2.30 bits per heavy atom. The third-order valence-corrected chi connectivity index (χ3v) is 4.38. The smallest absolute Gasteiger partial charge is 0.336 e. The van der Waals surface area contributed by atoms with Gasteiger partial charge in [-0.25, -0.2) is 4.79 Å². The van der Waals surface area contributed by atoms with Crippen LogP contribution in [0.2, 0.25) is 0 Å². The van der Waals surface area contributed by atoms with Crippen LogP contribution in [0.4, 0.5) is 5.69 Å². The maximum absolute atomic E-state index is 12.5. The summed E-state index contributed by atoms with van der Waals surface area (Å²) in [5.41, 5.74) is 0.590. The van der Waals surface area contributed by atoms with Crippen LogP contribution < -0.4 is 20.4 Å². The lowest BCUT2D eigenvalue weighted by Crippen LogP contribution is -2.30. The molecular weight excluding hydrogens is 382 g/mol. The molecule has 4 aromatic rings. The van der Waals surface area contributed by atoms with Crippen molar-refractivity contribution in [1.29, 1.82) is 0 Å². The highest BCUT2D eigenvalue weighted by Crippen LogP contribution is 2.23. The quantitative estimate of drug-likeness (QED) is 0.461. The van der Waals surface area contributed by atoms with E-state index in [1.54, 1.807) is 55.5 Å². The average molecular weight is 401 g/mol. The van der Waals surface area contributed by atoms with Gasteiger partial charge in [-0.2, -0.15) is 0 Å². The molecule has 150 valence electrons. The number of benzene rings is 3. The summed E-state index contributed by atoms with van der Waals surface area (Å²) < 4.78 is 16.6. The molecule has 1 N–H and O–H groups in total. The lowest BCUT2D eigenvalue weighted by Gasteiger charge is -2.15. The monoisotopic (exact) mass is 401 g/mol. The first-order valence-corrected chi connectivity index (χ1v) is 9.41. The lowest BCUT2D eigenvalue weighted by atomic mass is 10.2. The van der Waals surface area contributed by atoms with Crippen molar-refractivity contribution in [2.45, 2.75) is 13.0 Å². The standard InChI is InChI=1S/C24H19NO5/c1-16(28-21-11-7-17-8-14-23(26)30-22(17)15-21)24(27)25-18-9-12-20(13-10-18)29-19-5-3-2-4-6-19/h2-16H,1H3,(H,25,27). The maximum Gasteiger partial charge on any atom is 0.336 e. The van der Waals surface area contributed by atoms with Crippen molar-refractivity contribution in [3.63, 3.8) is 0 Å². The largest absolute Gasteiger partial charge is 0.481 e. The van der Waals surface area contributed by atoms with Gasteiger partial charge in [0.15, 0.2) is 6.10 Å². The summed E-state index contributed by atoms with van der Waals surface area (Å²) in [4.78, 5) is 23.8. The van der Waals surface area contributed by atoms with Crippen LogP contribution in [0.25, 0.3) is 11.0 Å². The summed E-state index contributed by atoms with van der Waals surface area (Å²) >= 11 is 0. The molecule has 30 heavy (non-hydrogen) atoms. The van der Waals surface area contributed by atoms with Crippen molar-refractivity contribution in [2.75, 3.05) is 5.32 Å². The van der Waals surface area contributed by atoms with Crippen LogP contribution in [0.15, 0.2) is 94.1 Å². The topological polar surface area (TPSA) is 77.8 Å². The molecule has 1 atom stereocenters. The SMILES string of the molecule is CC(Oc1ccc2ccc(=O)oc2c1)C(=O)Nc1ccc(Oc2ccccc2)cc1. The van der Waals surface area contributed by atoms with Gasteiger partial charge in [0.25, 0.3) is 5.91 Å². The van der Waals surface area contributed by atoms with Crippen molar-refractivity contribution in [3.8, 4) is 17.2 Å². The molecule has 0 aliphatic carbocycles. The van der Waals surface area contributed by atoms with E-state index in [2.05, 4.69) is 5.32 Å². The van der Waals surface area contributed by atoms with Crippen LogP contribution in [0, 0.1) is 0 Å². The fourth-order valence-electron chi connectivity index (χ4n) is 2.85. The zero-order valence-electron chi connectivity index (χ0n) is 16.2. The second-order valence-corrected chi connectivity index (χ2v) is 6.64. The summed E-state index contributed by atoms with van der Waals surface area (Å²) in [6.07, 6.45) is -0.752. The summed E-state index contributed by atoms with van der Waals surface area (Å²) in [5.74, 6) is 1.54. The Labute approximate surface area is 172 Å². The molecule has 1 unspecified atom stereocenters. The number of hydrogen-bond donors (Lipinski definition) is 1. The first-order valence-electron chi connectivity index (χ1n) is 9.41. The molecule has 1 amide bonds. The number of hydrogen-bond acceptors (Lipinski definition) is 5. The molecule has 0 spiro atoms. The van der Waals surface area contributed by atoms with Gasteiger partial charge in [-0.3, -0.25) is 4.79 Å². The summed E-state index contributed by atoms with van der Waals surface area (Å²) in [7, 11) is 0. The van der Waals surface area contributed by atoms with Gasteiger partial charge in [0, 0.05) is 23.2 Å². The van der Waals surface area contributed by atoms with Gasteiger partial charge in [0.2, 0.25) is 0 Å². The minimum atomic E-state index is -0.752. The predicted molar refractivity (Wildman–Crippen MR) is 114 cm³/mol. The molecule has 0 saturated heterocycles. The number of carbonyl (C=O) groups excluding carboxylic acids is 1. The Morgan fingerprint density at radius 2 is 1.53 bits per heavy atom. The minimum Gasteiger partial charge on any atom is -0.481 e. The van der Waals surface area contributed by atoms with E-state index in [0.717, 1.165) is 11.1 Å². The molecular formula is C24H19NO5. The van der Waals surface area contributed by atoms with Gasteiger partial charge < -0.3 is 19.2 Å². The highest BCUT2D eigenvalue weighted by Gasteiger charge is 2.15. The van der Waals surface area contributed by atoms with E-state index in [1.165, 1.54) is 6.07 Å². The molecule has 0 saturated carbocycles. The number of carbonyl (C=O) groups is 1. The van der Waals surface area contributed by atoms with Gasteiger partial charge in [-0.15, -0.1) is 0 Å². The number of para-hydroxylation sites is 1. The predicted octanol–water partition coefficient (Wildman–Crippen LogP) is 4.99. The second kappa shape index (κ2) is 8.53. The number of fused-ring (bicyclic) bond motifs is 1. The number of nitrogens with one attached hydrogen (secondary N) is 1. The highest BCUT2D eigenvalue weighted by atomic mass is 16.5. The fraction of sp³-hybridized carbons (Fsp3) is 0.0833. The Morgan fingerprint density at radius 1 is 0.867 bits per heavy atom. The maximum atomic E-state index is 12.5. The summed E-state index contributed by atoms with van der Waals surface area (Å²) in [6, 6.07) is 24.6. The number of amides is 1. The molecule has 3 aromatic carbocycles. The van der Waals surface area contributed by atoms with Crippen LogP contribution in [-0.4, -0.2) is 12.0 Å². The van der Waals surface area contributed by atoms with Gasteiger partial charge in [0.05, 0.1) is 0 Å². The van der Waals surface area contributed by atoms with Crippen LogP contribution in [0.1, 0.15) is 6.92 Å². The van der Waals surface area contributed by atoms with Crippen molar-refractivity contribution >= 4 is 22.6 Å². The van der Waals surface area contributed by atoms with Crippen molar-refractivity contribution in [1.82, 2.24) is 0 Å². The van der Waals surface area contributed by atoms with E-state index in [0.29, 0.717) is 22.8 Å². The molecule has 0 bridgehead atoms. The van der Waals surface area contributed by atoms with Gasteiger partial charge >= 0.3 is 5.63 Å². The fourth-order valence-corrected chi connectivity index (χ4v) is 2.85. The van der Waals surface area contributed by atoms with Crippen LogP contribution in [-0.2, 0) is 4.79 Å². The van der Waals surface area contributed by atoms with Crippen molar-refractivity contribution in [3.05, 3.63) is 95.3 Å². The first kappa shape index (κ1) is 19.3. The third-order valence-electron chi connectivity index (χ3n) is 4.38. The van der Waals surface area contributed by atoms with E-state index in [9.17, 15) is 9.59 Å². The molecule has 0 radical (unpaired) electrons. The second-order valence-electron chi connectivity index (χ2n) is 6.64. The minimum absolute atomic E-state index is 0.304. The number of ether oxygens (including phenoxy) is 2. The molecule has 1 heterocycles. The number of anilines is 1.